The standard InChI is InChI=1S/C18H22N2O3S/c21-24(22,18-8-7-14-4-1-2-5-15(14)10-18)19-11-17-12-20-9-3-6-16(20)13-23-17/h1-2,4-5,7-8,10,16-17,19H,3,6,9,11-13H2/t16-,17-/m1/s1. The Bertz CT molecular complexity index is 837. The van der Waals surface area contributed by atoms with Gasteiger partial charge in [-0.2, -0.15) is 0 Å². The summed E-state index contributed by atoms with van der Waals surface area (Å²) >= 11 is 0. The third-order valence-corrected chi connectivity index (χ3v) is 6.42. The molecule has 0 amide bonds. The average molecular weight is 346 g/mol. The van der Waals surface area contributed by atoms with Crippen molar-refractivity contribution in [1.82, 2.24) is 9.62 Å². The summed E-state index contributed by atoms with van der Waals surface area (Å²) in [5.74, 6) is 0. The van der Waals surface area contributed by atoms with Crippen molar-refractivity contribution in [3.63, 3.8) is 0 Å². The molecule has 0 spiro atoms. The van der Waals surface area contributed by atoms with E-state index in [1.54, 1.807) is 12.1 Å². The fourth-order valence-electron chi connectivity index (χ4n) is 3.63. The van der Waals surface area contributed by atoms with Crippen molar-refractivity contribution in [2.24, 2.45) is 0 Å². The Kier molecular flexibility index (Phi) is 4.30. The Labute approximate surface area is 142 Å². The first-order chi connectivity index (χ1) is 11.6. The van der Waals surface area contributed by atoms with Crippen molar-refractivity contribution >= 4 is 20.8 Å². The van der Waals surface area contributed by atoms with Gasteiger partial charge in [-0.25, -0.2) is 13.1 Å². The van der Waals surface area contributed by atoms with E-state index in [9.17, 15) is 8.42 Å². The van der Waals surface area contributed by atoms with Crippen LogP contribution in [0.4, 0.5) is 0 Å². The summed E-state index contributed by atoms with van der Waals surface area (Å²) in [5.41, 5.74) is 0. The van der Waals surface area contributed by atoms with Crippen LogP contribution in [-0.4, -0.2) is 51.7 Å². The number of hydrogen-bond donors (Lipinski definition) is 1. The predicted octanol–water partition coefficient (Wildman–Crippen LogP) is 1.98. The molecule has 0 aromatic heterocycles. The third kappa shape index (κ3) is 3.19. The van der Waals surface area contributed by atoms with Crippen LogP contribution in [0.2, 0.25) is 0 Å². The monoisotopic (exact) mass is 346 g/mol. The van der Waals surface area contributed by atoms with E-state index >= 15 is 0 Å². The molecule has 2 aliphatic rings. The van der Waals surface area contributed by atoms with E-state index in [0.717, 1.165) is 23.9 Å². The molecule has 1 N–H and O–H groups in total. The van der Waals surface area contributed by atoms with Crippen molar-refractivity contribution < 1.29 is 13.2 Å². The molecule has 2 aromatic rings. The Morgan fingerprint density at radius 1 is 1.17 bits per heavy atom. The van der Waals surface area contributed by atoms with E-state index in [1.165, 1.54) is 12.8 Å². The maximum Gasteiger partial charge on any atom is 0.240 e. The Balaban J connectivity index is 1.44. The van der Waals surface area contributed by atoms with Crippen LogP contribution in [0.25, 0.3) is 10.8 Å². The first-order valence-corrected chi connectivity index (χ1v) is 9.94. The lowest BCUT2D eigenvalue weighted by atomic mass is 10.1. The van der Waals surface area contributed by atoms with Crippen LogP contribution in [0.3, 0.4) is 0 Å². The maximum atomic E-state index is 12.6. The largest absolute Gasteiger partial charge is 0.374 e. The second kappa shape index (κ2) is 6.44. The van der Waals surface area contributed by atoms with E-state index in [1.807, 2.05) is 30.3 Å². The molecule has 0 unspecified atom stereocenters. The SMILES string of the molecule is O=S(=O)(NC[C@@H]1CN2CCC[C@@H]2CO1)c1ccc2ccccc2c1. The van der Waals surface area contributed by atoms with Crippen molar-refractivity contribution in [3.05, 3.63) is 42.5 Å². The first-order valence-electron chi connectivity index (χ1n) is 8.46. The number of hydrogen-bond acceptors (Lipinski definition) is 4. The van der Waals surface area contributed by atoms with Crippen molar-refractivity contribution in [2.75, 3.05) is 26.2 Å². The highest BCUT2D eigenvalue weighted by atomic mass is 32.2. The van der Waals surface area contributed by atoms with Crippen molar-refractivity contribution in [2.45, 2.75) is 29.9 Å². The molecule has 2 aliphatic heterocycles. The molecule has 5 nitrogen and oxygen atoms in total. The van der Waals surface area contributed by atoms with Crippen LogP contribution in [0.5, 0.6) is 0 Å². The molecular formula is C18H22N2O3S. The predicted molar refractivity (Wildman–Crippen MR) is 93.5 cm³/mol. The molecule has 2 atom stereocenters. The Hall–Kier alpha value is -1.47. The van der Waals surface area contributed by atoms with Gasteiger partial charge < -0.3 is 4.74 Å². The number of fused-ring (bicyclic) bond motifs is 2. The van der Waals surface area contributed by atoms with Crippen LogP contribution < -0.4 is 4.72 Å². The van der Waals surface area contributed by atoms with Gasteiger partial charge in [-0.3, -0.25) is 4.90 Å². The summed E-state index contributed by atoms with van der Waals surface area (Å²) in [7, 11) is -3.52. The summed E-state index contributed by atoms with van der Waals surface area (Å²) in [6.45, 7) is 2.94. The van der Waals surface area contributed by atoms with Gasteiger partial charge in [0.2, 0.25) is 10.0 Å². The molecule has 2 saturated heterocycles. The van der Waals surface area contributed by atoms with Gasteiger partial charge in [0, 0.05) is 19.1 Å². The highest BCUT2D eigenvalue weighted by molar-refractivity contribution is 7.89. The fraction of sp³-hybridized carbons (Fsp3) is 0.444. The summed E-state index contributed by atoms with van der Waals surface area (Å²) in [5, 5.41) is 1.96. The second-order valence-corrected chi connectivity index (χ2v) is 8.37. The summed E-state index contributed by atoms with van der Waals surface area (Å²) < 4.78 is 33.7. The third-order valence-electron chi connectivity index (χ3n) is 4.99. The minimum Gasteiger partial charge on any atom is -0.374 e. The van der Waals surface area contributed by atoms with Gasteiger partial charge in [0.1, 0.15) is 0 Å². The minimum absolute atomic E-state index is 0.0745. The van der Waals surface area contributed by atoms with Crippen LogP contribution in [0.15, 0.2) is 47.4 Å². The molecular weight excluding hydrogens is 324 g/mol. The number of benzene rings is 2. The van der Waals surface area contributed by atoms with Gasteiger partial charge in [0.15, 0.2) is 0 Å². The Morgan fingerprint density at radius 2 is 2.00 bits per heavy atom. The number of rotatable bonds is 4. The maximum absolute atomic E-state index is 12.6. The van der Waals surface area contributed by atoms with Crippen molar-refractivity contribution in [1.29, 1.82) is 0 Å². The zero-order valence-electron chi connectivity index (χ0n) is 13.5. The van der Waals surface area contributed by atoms with Gasteiger partial charge in [0.25, 0.3) is 0 Å². The lowest BCUT2D eigenvalue weighted by Crippen LogP contribution is -2.50. The molecule has 2 aromatic carbocycles. The van der Waals surface area contributed by atoms with Gasteiger partial charge in [-0.15, -0.1) is 0 Å². The number of sulfonamides is 1. The summed E-state index contributed by atoms with van der Waals surface area (Å²) in [6.07, 6.45) is 2.33. The van der Waals surface area contributed by atoms with Crippen LogP contribution in [0.1, 0.15) is 12.8 Å². The van der Waals surface area contributed by atoms with Crippen LogP contribution in [0, 0.1) is 0 Å². The van der Waals surface area contributed by atoms with Gasteiger partial charge in [0.05, 0.1) is 17.6 Å². The van der Waals surface area contributed by atoms with E-state index in [4.69, 9.17) is 4.74 Å². The molecule has 0 radical (unpaired) electrons. The second-order valence-electron chi connectivity index (χ2n) is 6.61. The van der Waals surface area contributed by atoms with Gasteiger partial charge in [-0.1, -0.05) is 30.3 Å². The number of nitrogens with zero attached hydrogens (tertiary/aromatic N) is 1. The molecule has 2 fully saturated rings. The number of nitrogens with one attached hydrogen (secondary N) is 1. The van der Waals surface area contributed by atoms with Crippen molar-refractivity contribution in [3.8, 4) is 0 Å². The smallest absolute Gasteiger partial charge is 0.240 e. The lowest BCUT2D eigenvalue weighted by Gasteiger charge is -2.35. The topological polar surface area (TPSA) is 58.6 Å². The van der Waals surface area contributed by atoms with E-state index in [2.05, 4.69) is 9.62 Å². The average Bonchev–Trinajstić information content (AvgIpc) is 3.07. The van der Waals surface area contributed by atoms with E-state index in [0.29, 0.717) is 24.1 Å². The molecule has 0 saturated carbocycles. The molecule has 0 bridgehead atoms. The minimum atomic E-state index is -3.52. The zero-order chi connectivity index (χ0) is 16.6. The number of morpholine rings is 1. The summed E-state index contributed by atoms with van der Waals surface area (Å²) in [6, 6.07) is 13.5. The normalized spacial score (nSPS) is 25.0. The molecule has 24 heavy (non-hydrogen) atoms. The summed E-state index contributed by atoms with van der Waals surface area (Å²) in [4.78, 5) is 2.72. The van der Waals surface area contributed by atoms with E-state index < -0.39 is 10.0 Å². The van der Waals surface area contributed by atoms with Crippen LogP contribution in [-0.2, 0) is 14.8 Å². The lowest BCUT2D eigenvalue weighted by molar-refractivity contribution is -0.0449. The highest BCUT2D eigenvalue weighted by Gasteiger charge is 2.32. The fourth-order valence-corrected chi connectivity index (χ4v) is 4.73. The highest BCUT2D eigenvalue weighted by Crippen LogP contribution is 2.23. The first kappa shape index (κ1) is 16.0. The zero-order valence-corrected chi connectivity index (χ0v) is 14.3. The Morgan fingerprint density at radius 3 is 2.88 bits per heavy atom. The molecule has 128 valence electrons. The van der Waals surface area contributed by atoms with Crippen LogP contribution >= 0.6 is 0 Å². The number of ether oxygens (including phenoxy) is 1. The quantitative estimate of drug-likeness (QED) is 0.920. The van der Waals surface area contributed by atoms with Gasteiger partial charge in [-0.05, 0) is 42.3 Å². The van der Waals surface area contributed by atoms with E-state index in [-0.39, 0.29) is 6.10 Å². The molecule has 6 heteroatoms. The van der Waals surface area contributed by atoms with Gasteiger partial charge >= 0.3 is 0 Å². The molecule has 2 heterocycles. The molecule has 4 rings (SSSR count). The molecule has 0 aliphatic carbocycles.